The van der Waals surface area contributed by atoms with Gasteiger partial charge >= 0.3 is 0 Å². The molecule has 1 heterocycles. The second-order valence-corrected chi connectivity index (χ2v) is 10.1. The summed E-state index contributed by atoms with van der Waals surface area (Å²) in [5, 5.41) is 3.43. The zero-order chi connectivity index (χ0) is 18.9. The number of fused-ring (bicyclic) bond motifs is 1. The first-order chi connectivity index (χ1) is 12.8. The van der Waals surface area contributed by atoms with Gasteiger partial charge in [-0.2, -0.15) is 0 Å². The summed E-state index contributed by atoms with van der Waals surface area (Å²) < 4.78 is 13.4. The van der Waals surface area contributed by atoms with Crippen molar-refractivity contribution in [3.63, 3.8) is 0 Å². The minimum absolute atomic E-state index is 0.0161. The molecule has 27 heavy (non-hydrogen) atoms. The van der Waals surface area contributed by atoms with Crippen molar-refractivity contribution in [1.29, 1.82) is 0 Å². The third-order valence-corrected chi connectivity index (χ3v) is 8.84. The summed E-state index contributed by atoms with van der Waals surface area (Å²) in [4.78, 5) is 26.3. The van der Waals surface area contributed by atoms with Crippen LogP contribution in [0.3, 0.4) is 0 Å². The highest BCUT2D eigenvalue weighted by atomic mass is 35.5. The molecule has 4 aliphatic carbocycles. The SMILES string of the molecule is CC1(C)C(=O)N(C2C3CC4CC5CC2C45C3)N1C(=O)c1ccc(F)cc1Cl. The Kier molecular flexibility index (Phi) is 2.83. The minimum Gasteiger partial charge on any atom is -0.270 e. The lowest BCUT2D eigenvalue weighted by Gasteiger charge is -2.70. The first-order valence-electron chi connectivity index (χ1n) is 9.90. The molecule has 2 bridgehead atoms. The molecule has 1 aromatic carbocycles. The van der Waals surface area contributed by atoms with Crippen LogP contribution in [0.15, 0.2) is 18.2 Å². The number of rotatable bonds is 2. The molecular weight excluding hydrogens is 367 g/mol. The van der Waals surface area contributed by atoms with Crippen molar-refractivity contribution in [3.05, 3.63) is 34.6 Å². The molecule has 0 radical (unpaired) electrons. The molecule has 6 atom stereocenters. The van der Waals surface area contributed by atoms with Gasteiger partial charge in [-0.3, -0.25) is 9.59 Å². The summed E-state index contributed by atoms with van der Waals surface area (Å²) in [5.74, 6) is 1.97. The Morgan fingerprint density at radius 3 is 2.63 bits per heavy atom. The molecule has 5 aliphatic rings. The Morgan fingerprint density at radius 1 is 1.22 bits per heavy atom. The zero-order valence-electron chi connectivity index (χ0n) is 15.4. The van der Waals surface area contributed by atoms with Gasteiger partial charge in [0.15, 0.2) is 0 Å². The van der Waals surface area contributed by atoms with E-state index in [4.69, 9.17) is 11.6 Å². The van der Waals surface area contributed by atoms with E-state index in [0.29, 0.717) is 17.3 Å². The van der Waals surface area contributed by atoms with Gasteiger partial charge in [-0.15, -0.1) is 0 Å². The Morgan fingerprint density at radius 2 is 1.96 bits per heavy atom. The first kappa shape index (κ1) is 16.3. The summed E-state index contributed by atoms with van der Waals surface area (Å²) >= 11 is 6.15. The topological polar surface area (TPSA) is 40.6 Å². The van der Waals surface area contributed by atoms with Gasteiger partial charge in [0.1, 0.15) is 11.4 Å². The molecule has 0 aromatic heterocycles. The predicted octanol–water partition coefficient (Wildman–Crippen LogP) is 3.89. The average Bonchev–Trinajstić information content (AvgIpc) is 3.08. The summed E-state index contributed by atoms with van der Waals surface area (Å²) in [5.41, 5.74) is -0.174. The van der Waals surface area contributed by atoms with E-state index in [1.165, 1.54) is 37.8 Å². The van der Waals surface area contributed by atoms with Crippen LogP contribution >= 0.6 is 11.6 Å². The van der Waals surface area contributed by atoms with E-state index in [1.54, 1.807) is 23.9 Å². The number of hydrogen-bond acceptors (Lipinski definition) is 2. The van der Waals surface area contributed by atoms with E-state index in [1.807, 2.05) is 0 Å². The maximum Gasteiger partial charge on any atom is 0.274 e. The second kappa shape index (κ2) is 4.68. The fourth-order valence-corrected chi connectivity index (χ4v) is 7.69. The van der Waals surface area contributed by atoms with Crippen LogP contribution in [-0.4, -0.2) is 33.4 Å². The summed E-state index contributed by atoms with van der Waals surface area (Å²) in [6.07, 6.45) is 4.98. The number of nitrogens with zero attached hydrogens (tertiary/aromatic N) is 2. The van der Waals surface area contributed by atoms with Crippen molar-refractivity contribution in [2.75, 3.05) is 0 Å². The highest BCUT2D eigenvalue weighted by Crippen LogP contribution is 2.82. The molecule has 1 aliphatic heterocycles. The number of hydrogen-bond donors (Lipinski definition) is 0. The average molecular weight is 389 g/mol. The van der Waals surface area contributed by atoms with Crippen LogP contribution in [0, 0.1) is 34.9 Å². The molecule has 2 amide bonds. The summed E-state index contributed by atoms with van der Waals surface area (Å²) in [7, 11) is 0. The van der Waals surface area contributed by atoms with Gasteiger partial charge in [-0.1, -0.05) is 11.6 Å². The Hall–Kier alpha value is -1.62. The number of carbonyl (C=O) groups is 2. The highest BCUT2D eigenvalue weighted by Gasteiger charge is 2.79. The minimum atomic E-state index is -0.892. The normalized spacial score (nSPS) is 42.4. The molecule has 142 valence electrons. The van der Waals surface area contributed by atoms with Gasteiger partial charge in [0.05, 0.1) is 16.6 Å². The maximum absolute atomic E-state index is 13.4. The molecule has 6 unspecified atom stereocenters. The number of benzene rings is 1. The molecule has 4 nitrogen and oxygen atoms in total. The van der Waals surface area contributed by atoms with Crippen LogP contribution in [0.5, 0.6) is 0 Å². The van der Waals surface area contributed by atoms with Crippen LogP contribution in [0.25, 0.3) is 0 Å². The molecule has 0 N–H and O–H groups in total. The molecule has 6 heteroatoms. The van der Waals surface area contributed by atoms with Gasteiger partial charge in [0, 0.05) is 0 Å². The molecule has 1 spiro atoms. The molecule has 1 aromatic rings. The lowest BCUT2D eigenvalue weighted by atomic mass is 9.38. The quantitative estimate of drug-likeness (QED) is 0.771. The zero-order valence-corrected chi connectivity index (χ0v) is 16.2. The Bertz CT molecular complexity index is 917. The fourth-order valence-electron chi connectivity index (χ4n) is 7.44. The van der Waals surface area contributed by atoms with Crippen molar-refractivity contribution in [3.8, 4) is 0 Å². The Labute approximate surface area is 162 Å². The van der Waals surface area contributed by atoms with Crippen molar-refractivity contribution >= 4 is 23.4 Å². The summed E-state index contributed by atoms with van der Waals surface area (Å²) in [6, 6.07) is 3.95. The van der Waals surface area contributed by atoms with Crippen LogP contribution in [-0.2, 0) is 4.79 Å². The van der Waals surface area contributed by atoms with Crippen LogP contribution in [0.2, 0.25) is 5.02 Å². The van der Waals surface area contributed by atoms with Gasteiger partial charge in [0.25, 0.3) is 11.8 Å². The number of carbonyl (C=O) groups excluding carboxylic acids is 2. The maximum atomic E-state index is 13.4. The molecule has 5 fully saturated rings. The van der Waals surface area contributed by atoms with E-state index in [-0.39, 0.29) is 28.4 Å². The molecule has 1 saturated heterocycles. The van der Waals surface area contributed by atoms with Crippen molar-refractivity contribution in [2.45, 2.75) is 51.1 Å². The molecular formula is C21H22ClFN2O2. The lowest BCUT2D eigenvalue weighted by Crippen LogP contribution is -2.81. The smallest absolute Gasteiger partial charge is 0.270 e. The van der Waals surface area contributed by atoms with E-state index >= 15 is 0 Å². The van der Waals surface area contributed by atoms with Crippen LogP contribution in [0.4, 0.5) is 4.39 Å². The van der Waals surface area contributed by atoms with Gasteiger partial charge < -0.3 is 0 Å². The predicted molar refractivity (Wildman–Crippen MR) is 97.2 cm³/mol. The van der Waals surface area contributed by atoms with Crippen LogP contribution in [0.1, 0.15) is 49.9 Å². The number of amides is 2. The molecule has 4 saturated carbocycles. The monoisotopic (exact) mass is 388 g/mol. The van der Waals surface area contributed by atoms with Crippen molar-refractivity contribution in [2.24, 2.45) is 29.1 Å². The van der Waals surface area contributed by atoms with E-state index < -0.39 is 11.4 Å². The second-order valence-electron chi connectivity index (χ2n) is 9.72. The van der Waals surface area contributed by atoms with Crippen molar-refractivity contribution in [1.82, 2.24) is 10.0 Å². The van der Waals surface area contributed by atoms with Crippen molar-refractivity contribution < 1.29 is 14.0 Å². The number of hydrazine groups is 1. The van der Waals surface area contributed by atoms with Gasteiger partial charge in [-0.05, 0) is 86.8 Å². The highest BCUT2D eigenvalue weighted by molar-refractivity contribution is 6.34. The van der Waals surface area contributed by atoms with Gasteiger partial charge in [0.2, 0.25) is 0 Å². The van der Waals surface area contributed by atoms with Gasteiger partial charge in [-0.25, -0.2) is 14.4 Å². The first-order valence-corrected chi connectivity index (χ1v) is 10.3. The standard InChI is InChI=1S/C21H22ClFN2O2/c1-20(2)19(27)24(25(20)18(26)14-4-3-13(23)8-16(14)22)17-10-5-11-6-12-7-15(17)21(11,12)9-10/h3-4,8,10-12,15,17H,5-7,9H2,1-2H3. The number of halogens is 2. The van der Waals surface area contributed by atoms with E-state index in [2.05, 4.69) is 0 Å². The third-order valence-electron chi connectivity index (χ3n) is 8.53. The van der Waals surface area contributed by atoms with E-state index in [9.17, 15) is 14.0 Å². The largest absolute Gasteiger partial charge is 0.274 e. The fraction of sp³-hybridized carbons (Fsp3) is 0.619. The third kappa shape index (κ3) is 1.64. The summed E-state index contributed by atoms with van der Waals surface area (Å²) in [6.45, 7) is 3.56. The van der Waals surface area contributed by atoms with Crippen LogP contribution < -0.4 is 0 Å². The lowest BCUT2D eigenvalue weighted by molar-refractivity contribution is -0.248. The molecule has 6 rings (SSSR count). The Balaban J connectivity index is 1.36. The van der Waals surface area contributed by atoms with E-state index in [0.717, 1.165) is 17.9 Å².